The van der Waals surface area contributed by atoms with Gasteiger partial charge < -0.3 is 18.9 Å². The maximum Gasteiger partial charge on any atom is 0.269 e. The highest BCUT2D eigenvalue weighted by Gasteiger charge is 2.17. The van der Waals surface area contributed by atoms with E-state index in [9.17, 15) is 9.59 Å². The first-order chi connectivity index (χ1) is 15.0. The quantitative estimate of drug-likeness (QED) is 0.565. The molecular formula is C23H22N2O6. The van der Waals surface area contributed by atoms with Gasteiger partial charge in [0.15, 0.2) is 11.5 Å². The summed E-state index contributed by atoms with van der Waals surface area (Å²) in [5.41, 5.74) is 5.30. The van der Waals surface area contributed by atoms with Gasteiger partial charge in [-0.3, -0.25) is 20.4 Å². The number of hydrazine groups is 1. The summed E-state index contributed by atoms with van der Waals surface area (Å²) in [6, 6.07) is 18.8. The van der Waals surface area contributed by atoms with Crippen LogP contribution in [0.25, 0.3) is 0 Å². The fourth-order valence-corrected chi connectivity index (χ4v) is 2.80. The molecule has 0 fully saturated rings. The van der Waals surface area contributed by atoms with Gasteiger partial charge in [0.25, 0.3) is 11.8 Å². The van der Waals surface area contributed by atoms with Gasteiger partial charge in [-0.15, -0.1) is 0 Å². The van der Waals surface area contributed by atoms with E-state index in [4.69, 9.17) is 18.9 Å². The number of benzene rings is 3. The van der Waals surface area contributed by atoms with Gasteiger partial charge in [0.05, 0.1) is 21.3 Å². The Hall–Kier alpha value is -4.20. The second kappa shape index (κ2) is 10.0. The summed E-state index contributed by atoms with van der Waals surface area (Å²) in [4.78, 5) is 25.0. The van der Waals surface area contributed by atoms with Crippen LogP contribution in [0.1, 0.15) is 20.7 Å². The van der Waals surface area contributed by atoms with Crippen LogP contribution >= 0.6 is 0 Å². The zero-order chi connectivity index (χ0) is 22.2. The van der Waals surface area contributed by atoms with Crippen molar-refractivity contribution in [2.75, 3.05) is 21.3 Å². The lowest BCUT2D eigenvalue weighted by molar-refractivity contribution is 0.0846. The van der Waals surface area contributed by atoms with E-state index in [0.29, 0.717) is 34.3 Å². The van der Waals surface area contributed by atoms with Crippen LogP contribution in [-0.2, 0) is 0 Å². The van der Waals surface area contributed by atoms with Crippen LogP contribution in [0.2, 0.25) is 0 Å². The molecule has 0 unspecified atom stereocenters. The van der Waals surface area contributed by atoms with Crippen molar-refractivity contribution < 1.29 is 28.5 Å². The smallest absolute Gasteiger partial charge is 0.269 e. The molecule has 0 saturated carbocycles. The van der Waals surface area contributed by atoms with Gasteiger partial charge in [0.1, 0.15) is 11.5 Å². The van der Waals surface area contributed by atoms with Crippen molar-refractivity contribution in [1.82, 2.24) is 10.9 Å². The molecule has 0 atom stereocenters. The van der Waals surface area contributed by atoms with Crippen molar-refractivity contribution in [3.63, 3.8) is 0 Å². The number of nitrogens with one attached hydrogen (secondary N) is 2. The molecule has 31 heavy (non-hydrogen) atoms. The van der Waals surface area contributed by atoms with Crippen molar-refractivity contribution in [3.05, 3.63) is 77.9 Å². The Kier molecular flexibility index (Phi) is 6.95. The molecule has 160 valence electrons. The van der Waals surface area contributed by atoms with Gasteiger partial charge in [0, 0.05) is 11.1 Å². The van der Waals surface area contributed by atoms with Crippen LogP contribution in [0.5, 0.6) is 28.7 Å². The molecule has 2 N–H and O–H groups in total. The summed E-state index contributed by atoms with van der Waals surface area (Å²) in [6.45, 7) is 0. The maximum atomic E-state index is 12.5. The first-order valence-corrected chi connectivity index (χ1v) is 9.29. The highest BCUT2D eigenvalue weighted by Crippen LogP contribution is 2.38. The highest BCUT2D eigenvalue weighted by atomic mass is 16.5. The first-order valence-electron chi connectivity index (χ1n) is 9.29. The maximum absolute atomic E-state index is 12.5. The van der Waals surface area contributed by atoms with Crippen LogP contribution < -0.4 is 29.8 Å². The van der Waals surface area contributed by atoms with E-state index in [1.807, 2.05) is 30.3 Å². The number of para-hydroxylation sites is 1. The van der Waals surface area contributed by atoms with Gasteiger partial charge in [-0.1, -0.05) is 24.3 Å². The Bertz CT molecular complexity index is 1040. The van der Waals surface area contributed by atoms with Gasteiger partial charge in [0.2, 0.25) is 5.75 Å². The number of rotatable bonds is 7. The lowest BCUT2D eigenvalue weighted by atomic mass is 10.1. The topological polar surface area (TPSA) is 95.1 Å². The fraction of sp³-hybridized carbons (Fsp3) is 0.130. The SMILES string of the molecule is COc1cc(C(=O)NNC(=O)c2cccc(Oc3ccccc3)c2)cc(OC)c1OC. The number of methoxy groups -OCH3 is 3. The summed E-state index contributed by atoms with van der Waals surface area (Å²) in [5.74, 6) is 1.10. The Labute approximate surface area is 179 Å². The number of carbonyl (C=O) groups is 2. The largest absolute Gasteiger partial charge is 0.493 e. The van der Waals surface area contributed by atoms with Crippen molar-refractivity contribution >= 4 is 11.8 Å². The minimum Gasteiger partial charge on any atom is -0.493 e. The van der Waals surface area contributed by atoms with Crippen LogP contribution in [0.15, 0.2) is 66.7 Å². The van der Waals surface area contributed by atoms with Crippen LogP contribution in [0.4, 0.5) is 0 Å². The molecular weight excluding hydrogens is 400 g/mol. The third kappa shape index (κ3) is 5.24. The van der Waals surface area contributed by atoms with E-state index in [1.54, 1.807) is 24.3 Å². The van der Waals surface area contributed by atoms with Crippen molar-refractivity contribution in [3.8, 4) is 28.7 Å². The van der Waals surface area contributed by atoms with Gasteiger partial charge >= 0.3 is 0 Å². The van der Waals surface area contributed by atoms with Crippen molar-refractivity contribution in [1.29, 1.82) is 0 Å². The van der Waals surface area contributed by atoms with Gasteiger partial charge in [-0.25, -0.2) is 0 Å². The predicted octanol–water partition coefficient (Wildman–Crippen LogP) is 3.58. The molecule has 0 heterocycles. The van der Waals surface area contributed by atoms with Crippen LogP contribution in [0.3, 0.4) is 0 Å². The molecule has 8 nitrogen and oxygen atoms in total. The normalized spacial score (nSPS) is 10.0. The Morgan fingerprint density at radius 2 is 1.23 bits per heavy atom. The Morgan fingerprint density at radius 1 is 0.645 bits per heavy atom. The molecule has 0 aliphatic heterocycles. The summed E-state index contributed by atoms with van der Waals surface area (Å²) < 4.78 is 21.4. The molecule has 0 bridgehead atoms. The molecule has 0 aliphatic rings. The van der Waals surface area contributed by atoms with E-state index in [1.165, 1.54) is 33.5 Å². The third-order valence-electron chi connectivity index (χ3n) is 4.29. The fourth-order valence-electron chi connectivity index (χ4n) is 2.80. The molecule has 8 heteroatoms. The summed E-state index contributed by atoms with van der Waals surface area (Å²) in [5, 5.41) is 0. The van der Waals surface area contributed by atoms with E-state index >= 15 is 0 Å². The monoisotopic (exact) mass is 422 g/mol. The number of hydrogen-bond acceptors (Lipinski definition) is 6. The zero-order valence-corrected chi connectivity index (χ0v) is 17.3. The van der Waals surface area contributed by atoms with Crippen molar-refractivity contribution in [2.45, 2.75) is 0 Å². The number of amides is 2. The first kappa shape index (κ1) is 21.5. The van der Waals surface area contributed by atoms with E-state index in [-0.39, 0.29) is 5.56 Å². The molecule has 3 aromatic carbocycles. The molecule has 3 rings (SSSR count). The highest BCUT2D eigenvalue weighted by molar-refractivity contribution is 5.99. The van der Waals surface area contributed by atoms with Crippen LogP contribution in [-0.4, -0.2) is 33.1 Å². The van der Waals surface area contributed by atoms with Crippen LogP contribution in [0, 0.1) is 0 Å². The summed E-state index contributed by atoms with van der Waals surface area (Å²) in [6.07, 6.45) is 0. The summed E-state index contributed by atoms with van der Waals surface area (Å²) in [7, 11) is 4.37. The third-order valence-corrected chi connectivity index (χ3v) is 4.29. The lowest BCUT2D eigenvalue weighted by Crippen LogP contribution is -2.41. The molecule has 0 aliphatic carbocycles. The second-order valence-corrected chi connectivity index (χ2v) is 6.27. The zero-order valence-electron chi connectivity index (χ0n) is 17.3. The van der Waals surface area contributed by atoms with E-state index in [2.05, 4.69) is 10.9 Å². The minimum atomic E-state index is -0.552. The molecule has 0 radical (unpaired) electrons. The van der Waals surface area contributed by atoms with E-state index in [0.717, 1.165) is 0 Å². The molecule has 0 saturated heterocycles. The van der Waals surface area contributed by atoms with Crippen molar-refractivity contribution in [2.24, 2.45) is 0 Å². The molecule has 0 spiro atoms. The summed E-state index contributed by atoms with van der Waals surface area (Å²) >= 11 is 0. The average molecular weight is 422 g/mol. The molecule has 2 amide bonds. The number of hydrogen-bond donors (Lipinski definition) is 2. The minimum absolute atomic E-state index is 0.218. The Balaban J connectivity index is 1.68. The van der Waals surface area contributed by atoms with Gasteiger partial charge in [-0.05, 0) is 42.5 Å². The number of ether oxygens (including phenoxy) is 4. The lowest BCUT2D eigenvalue weighted by Gasteiger charge is -2.14. The number of carbonyl (C=O) groups excluding carboxylic acids is 2. The second-order valence-electron chi connectivity index (χ2n) is 6.27. The predicted molar refractivity (Wildman–Crippen MR) is 114 cm³/mol. The standard InChI is InChI=1S/C23H22N2O6/c1-28-19-13-16(14-20(29-2)21(19)30-3)23(27)25-24-22(26)15-8-7-11-18(12-15)31-17-9-5-4-6-10-17/h4-14H,1-3H3,(H,24,26)(H,25,27). The molecule has 0 aromatic heterocycles. The van der Waals surface area contributed by atoms with E-state index < -0.39 is 11.8 Å². The Morgan fingerprint density at radius 3 is 1.81 bits per heavy atom. The molecule has 3 aromatic rings. The average Bonchev–Trinajstić information content (AvgIpc) is 2.82. The van der Waals surface area contributed by atoms with Gasteiger partial charge in [-0.2, -0.15) is 0 Å².